The SMILES string of the molecule is Cc1ncc2c(n1)C1(CCCN(Cc3cccnc3)C1)CC2. The molecule has 0 amide bonds. The molecule has 1 saturated heterocycles. The molecule has 0 N–H and O–H groups in total. The van der Waals surface area contributed by atoms with Gasteiger partial charge in [-0.15, -0.1) is 0 Å². The monoisotopic (exact) mass is 294 g/mol. The van der Waals surface area contributed by atoms with Crippen LogP contribution in [0.2, 0.25) is 0 Å². The van der Waals surface area contributed by atoms with Crippen molar-refractivity contribution in [2.24, 2.45) is 0 Å². The lowest BCUT2D eigenvalue weighted by Gasteiger charge is -2.40. The fraction of sp³-hybridized carbons (Fsp3) is 0.500. The first-order valence-corrected chi connectivity index (χ1v) is 8.19. The third kappa shape index (κ3) is 2.41. The molecule has 4 rings (SSSR count). The number of fused-ring (bicyclic) bond motifs is 2. The molecule has 1 spiro atoms. The van der Waals surface area contributed by atoms with E-state index in [4.69, 9.17) is 4.98 Å². The van der Waals surface area contributed by atoms with E-state index in [1.807, 2.05) is 31.6 Å². The van der Waals surface area contributed by atoms with Crippen LogP contribution in [0.4, 0.5) is 0 Å². The first-order valence-electron chi connectivity index (χ1n) is 8.19. The molecule has 0 aromatic carbocycles. The second-order valence-electron chi connectivity index (χ2n) is 6.75. The molecule has 114 valence electrons. The molecule has 1 aliphatic carbocycles. The summed E-state index contributed by atoms with van der Waals surface area (Å²) < 4.78 is 0. The average Bonchev–Trinajstić information content (AvgIpc) is 2.86. The normalized spacial score (nSPS) is 24.6. The number of rotatable bonds is 2. The lowest BCUT2D eigenvalue weighted by Crippen LogP contribution is -2.45. The highest BCUT2D eigenvalue weighted by atomic mass is 15.1. The minimum atomic E-state index is 0.253. The van der Waals surface area contributed by atoms with Gasteiger partial charge in [-0.25, -0.2) is 9.97 Å². The van der Waals surface area contributed by atoms with Crippen molar-refractivity contribution in [2.75, 3.05) is 13.1 Å². The molecule has 1 aliphatic heterocycles. The molecule has 1 fully saturated rings. The minimum absolute atomic E-state index is 0.253. The number of pyridine rings is 1. The van der Waals surface area contributed by atoms with E-state index in [2.05, 4.69) is 20.9 Å². The van der Waals surface area contributed by atoms with Gasteiger partial charge in [0.05, 0.1) is 5.69 Å². The zero-order chi connectivity index (χ0) is 15.0. The van der Waals surface area contributed by atoms with Crippen LogP contribution in [0.1, 0.15) is 41.9 Å². The molecule has 0 saturated carbocycles. The zero-order valence-corrected chi connectivity index (χ0v) is 13.1. The first kappa shape index (κ1) is 13.8. The molecule has 22 heavy (non-hydrogen) atoms. The van der Waals surface area contributed by atoms with Crippen LogP contribution in [0.5, 0.6) is 0 Å². The van der Waals surface area contributed by atoms with E-state index in [1.54, 1.807) is 0 Å². The third-order valence-corrected chi connectivity index (χ3v) is 5.15. The van der Waals surface area contributed by atoms with Crippen molar-refractivity contribution in [2.45, 2.75) is 44.6 Å². The van der Waals surface area contributed by atoms with Crippen LogP contribution in [-0.2, 0) is 18.4 Å². The number of hydrogen-bond acceptors (Lipinski definition) is 4. The van der Waals surface area contributed by atoms with E-state index in [9.17, 15) is 0 Å². The molecule has 4 heteroatoms. The first-order chi connectivity index (χ1) is 10.8. The number of hydrogen-bond donors (Lipinski definition) is 0. The Kier molecular flexibility index (Phi) is 3.41. The maximum atomic E-state index is 4.82. The summed E-state index contributed by atoms with van der Waals surface area (Å²) in [5, 5.41) is 0. The molecule has 1 unspecified atom stereocenters. The number of likely N-dealkylation sites (tertiary alicyclic amines) is 1. The summed E-state index contributed by atoms with van der Waals surface area (Å²) in [5.41, 5.74) is 4.25. The van der Waals surface area contributed by atoms with E-state index in [-0.39, 0.29) is 5.41 Å². The van der Waals surface area contributed by atoms with Gasteiger partial charge in [-0.3, -0.25) is 9.88 Å². The highest BCUT2D eigenvalue weighted by molar-refractivity contribution is 5.33. The maximum Gasteiger partial charge on any atom is 0.125 e. The maximum absolute atomic E-state index is 4.82. The molecular weight excluding hydrogens is 272 g/mol. The van der Waals surface area contributed by atoms with E-state index >= 15 is 0 Å². The Morgan fingerprint density at radius 2 is 2.23 bits per heavy atom. The van der Waals surface area contributed by atoms with Crippen LogP contribution in [0.3, 0.4) is 0 Å². The molecule has 0 bridgehead atoms. The topological polar surface area (TPSA) is 41.9 Å². The Balaban J connectivity index is 1.58. The van der Waals surface area contributed by atoms with Gasteiger partial charge < -0.3 is 0 Å². The second kappa shape index (κ2) is 5.43. The fourth-order valence-corrected chi connectivity index (χ4v) is 4.14. The van der Waals surface area contributed by atoms with Gasteiger partial charge in [0.1, 0.15) is 5.82 Å². The van der Waals surface area contributed by atoms with Crippen molar-refractivity contribution in [3.05, 3.63) is 53.4 Å². The van der Waals surface area contributed by atoms with Gasteiger partial charge >= 0.3 is 0 Å². The number of nitrogens with zero attached hydrogens (tertiary/aromatic N) is 4. The van der Waals surface area contributed by atoms with Gasteiger partial charge in [0.15, 0.2) is 0 Å². The van der Waals surface area contributed by atoms with Gasteiger partial charge in [0, 0.05) is 37.1 Å². The summed E-state index contributed by atoms with van der Waals surface area (Å²) in [4.78, 5) is 16.0. The highest BCUT2D eigenvalue weighted by Crippen LogP contribution is 2.43. The van der Waals surface area contributed by atoms with Crippen molar-refractivity contribution in [1.82, 2.24) is 19.9 Å². The molecule has 4 nitrogen and oxygen atoms in total. The predicted octanol–water partition coefficient (Wildman–Crippen LogP) is 2.66. The Hall–Kier alpha value is -1.81. The van der Waals surface area contributed by atoms with Crippen LogP contribution in [-0.4, -0.2) is 32.9 Å². The third-order valence-electron chi connectivity index (χ3n) is 5.15. The summed E-state index contributed by atoms with van der Waals surface area (Å²) >= 11 is 0. The number of piperidine rings is 1. The van der Waals surface area contributed by atoms with E-state index in [1.165, 1.54) is 42.6 Å². The highest BCUT2D eigenvalue weighted by Gasteiger charge is 2.43. The Labute approximate surface area is 131 Å². The van der Waals surface area contributed by atoms with Crippen LogP contribution >= 0.6 is 0 Å². The van der Waals surface area contributed by atoms with Gasteiger partial charge in [0.2, 0.25) is 0 Å². The number of aryl methyl sites for hydroxylation is 2. The van der Waals surface area contributed by atoms with Gasteiger partial charge in [0.25, 0.3) is 0 Å². The Morgan fingerprint density at radius 3 is 3.09 bits per heavy atom. The Morgan fingerprint density at radius 1 is 1.27 bits per heavy atom. The van der Waals surface area contributed by atoms with Crippen LogP contribution in [0, 0.1) is 6.92 Å². The van der Waals surface area contributed by atoms with Crippen LogP contribution in [0.25, 0.3) is 0 Å². The summed E-state index contributed by atoms with van der Waals surface area (Å²) in [5.74, 6) is 0.907. The van der Waals surface area contributed by atoms with Gasteiger partial charge in [-0.1, -0.05) is 6.07 Å². The second-order valence-corrected chi connectivity index (χ2v) is 6.75. The molecule has 1 atom stereocenters. The van der Waals surface area contributed by atoms with E-state index in [0.717, 1.165) is 25.3 Å². The van der Waals surface area contributed by atoms with Crippen molar-refractivity contribution in [3.8, 4) is 0 Å². The molecule has 2 aliphatic rings. The van der Waals surface area contributed by atoms with Crippen molar-refractivity contribution in [1.29, 1.82) is 0 Å². The van der Waals surface area contributed by atoms with Crippen molar-refractivity contribution >= 4 is 0 Å². The Bertz CT molecular complexity index is 666. The minimum Gasteiger partial charge on any atom is -0.298 e. The van der Waals surface area contributed by atoms with E-state index < -0.39 is 0 Å². The lowest BCUT2D eigenvalue weighted by atomic mass is 9.77. The largest absolute Gasteiger partial charge is 0.298 e. The summed E-state index contributed by atoms with van der Waals surface area (Å²) in [6.07, 6.45) is 10.7. The molecule has 0 radical (unpaired) electrons. The lowest BCUT2D eigenvalue weighted by molar-refractivity contribution is 0.136. The van der Waals surface area contributed by atoms with Gasteiger partial charge in [-0.05, 0) is 56.3 Å². The van der Waals surface area contributed by atoms with Gasteiger partial charge in [-0.2, -0.15) is 0 Å². The quantitative estimate of drug-likeness (QED) is 0.854. The van der Waals surface area contributed by atoms with Crippen molar-refractivity contribution < 1.29 is 0 Å². The molecular formula is C18H22N4. The van der Waals surface area contributed by atoms with Crippen LogP contribution in [0.15, 0.2) is 30.7 Å². The van der Waals surface area contributed by atoms with E-state index in [0.29, 0.717) is 0 Å². The predicted molar refractivity (Wildman–Crippen MR) is 85.5 cm³/mol. The standard InChI is InChI=1S/C18H22N4/c1-14-20-11-16-5-7-18(17(16)21-14)6-3-9-22(13-18)12-15-4-2-8-19-10-15/h2,4,8,10-11H,3,5-7,9,12-13H2,1H3. The van der Waals surface area contributed by atoms with Crippen LogP contribution < -0.4 is 0 Å². The smallest absolute Gasteiger partial charge is 0.125 e. The summed E-state index contributed by atoms with van der Waals surface area (Å²) in [6, 6.07) is 4.19. The molecule has 2 aromatic rings. The number of aromatic nitrogens is 3. The fourth-order valence-electron chi connectivity index (χ4n) is 4.14. The van der Waals surface area contributed by atoms with Crippen molar-refractivity contribution in [3.63, 3.8) is 0 Å². The zero-order valence-electron chi connectivity index (χ0n) is 13.1. The summed E-state index contributed by atoms with van der Waals surface area (Å²) in [7, 11) is 0. The molecule has 2 aromatic heterocycles. The average molecular weight is 294 g/mol. The molecule has 3 heterocycles. The summed E-state index contributed by atoms with van der Waals surface area (Å²) in [6.45, 7) is 5.29.